The summed E-state index contributed by atoms with van der Waals surface area (Å²) >= 11 is 0. The van der Waals surface area contributed by atoms with Gasteiger partial charge in [0.2, 0.25) is 0 Å². The molecule has 0 saturated heterocycles. The third-order valence-corrected chi connectivity index (χ3v) is 3.78. The van der Waals surface area contributed by atoms with Gasteiger partial charge < -0.3 is 9.64 Å². The molecule has 1 aromatic carbocycles. The molecule has 0 bridgehead atoms. The summed E-state index contributed by atoms with van der Waals surface area (Å²) in [5.74, 6) is -0.276. The zero-order valence-corrected chi connectivity index (χ0v) is 12.9. The van der Waals surface area contributed by atoms with E-state index in [1.807, 2.05) is 25.1 Å². The average molecular weight is 289 g/mol. The molecule has 0 spiro atoms. The van der Waals surface area contributed by atoms with E-state index in [-0.39, 0.29) is 24.6 Å². The summed E-state index contributed by atoms with van der Waals surface area (Å²) < 4.78 is 4.98. The third-order valence-electron chi connectivity index (χ3n) is 3.78. The number of benzene rings is 1. The molecular weight excluding hydrogens is 266 g/mol. The molecule has 4 nitrogen and oxygen atoms in total. The Bertz CT molecular complexity index is 525. The highest BCUT2D eigenvalue weighted by Crippen LogP contribution is 2.27. The molecule has 0 unspecified atom stereocenters. The van der Waals surface area contributed by atoms with Gasteiger partial charge in [0.05, 0.1) is 13.0 Å². The maximum atomic E-state index is 12.2. The summed E-state index contributed by atoms with van der Waals surface area (Å²) in [6.45, 7) is 3.43. The summed E-state index contributed by atoms with van der Waals surface area (Å²) in [5.41, 5.74) is 3.13. The van der Waals surface area contributed by atoms with Gasteiger partial charge in [-0.1, -0.05) is 6.92 Å². The number of hydrogen-bond acceptors (Lipinski definition) is 4. The molecule has 2 rings (SSSR count). The second kappa shape index (κ2) is 7.25. The molecular formula is C17H23NO3. The Morgan fingerprint density at radius 3 is 2.86 bits per heavy atom. The van der Waals surface area contributed by atoms with Crippen LogP contribution in [0.25, 0.3) is 0 Å². The molecule has 0 amide bonds. The van der Waals surface area contributed by atoms with Gasteiger partial charge in [-0.05, 0) is 43.0 Å². The van der Waals surface area contributed by atoms with Crippen molar-refractivity contribution in [2.75, 3.05) is 25.1 Å². The molecule has 1 aromatic rings. The van der Waals surface area contributed by atoms with Crippen molar-refractivity contribution in [2.45, 2.75) is 39.0 Å². The average Bonchev–Trinajstić information content (AvgIpc) is 2.50. The van der Waals surface area contributed by atoms with Crippen molar-refractivity contribution in [1.29, 1.82) is 0 Å². The van der Waals surface area contributed by atoms with Gasteiger partial charge in [-0.2, -0.15) is 0 Å². The molecule has 0 fully saturated rings. The zero-order chi connectivity index (χ0) is 15.2. The van der Waals surface area contributed by atoms with Crippen LogP contribution < -0.4 is 4.90 Å². The summed E-state index contributed by atoms with van der Waals surface area (Å²) in [7, 11) is 2.07. The molecule has 1 aliphatic rings. The number of carbonyl (C=O) groups excluding carboxylic acids is 2. The Morgan fingerprint density at radius 1 is 1.29 bits per heavy atom. The number of rotatable bonds is 6. The second-order valence-corrected chi connectivity index (χ2v) is 5.51. The van der Waals surface area contributed by atoms with Gasteiger partial charge in [-0.3, -0.25) is 9.59 Å². The number of Topliss-reactive ketones (excluding diaryl/α,β-unsaturated/α-hetero) is 1. The summed E-state index contributed by atoms with van der Waals surface area (Å²) in [4.78, 5) is 25.8. The number of nitrogens with zero attached hydrogens (tertiary/aromatic N) is 1. The molecule has 1 heterocycles. The Labute approximate surface area is 126 Å². The smallest absolute Gasteiger partial charge is 0.306 e. The summed E-state index contributed by atoms with van der Waals surface area (Å²) in [6, 6.07) is 5.85. The first-order valence-electron chi connectivity index (χ1n) is 7.64. The largest absolute Gasteiger partial charge is 0.466 e. The number of esters is 1. The lowest BCUT2D eigenvalue weighted by Gasteiger charge is -2.27. The van der Waals surface area contributed by atoms with Gasteiger partial charge in [0.25, 0.3) is 0 Å². The SMILES string of the molecule is CCCOC(=O)CCC(=O)c1ccc2c(c1)CCCN2C. The zero-order valence-electron chi connectivity index (χ0n) is 12.9. The summed E-state index contributed by atoms with van der Waals surface area (Å²) in [6.07, 6.45) is 3.31. The number of carbonyl (C=O) groups is 2. The van der Waals surface area contributed by atoms with Gasteiger partial charge in [0.1, 0.15) is 0 Å². The number of hydrogen-bond donors (Lipinski definition) is 0. The first kappa shape index (κ1) is 15.5. The third kappa shape index (κ3) is 4.06. The predicted octanol–water partition coefficient (Wildman–Crippen LogP) is 2.99. The van der Waals surface area contributed by atoms with Crippen LogP contribution in [0.2, 0.25) is 0 Å². The fourth-order valence-corrected chi connectivity index (χ4v) is 2.61. The molecule has 0 atom stereocenters. The van der Waals surface area contributed by atoms with E-state index in [4.69, 9.17) is 4.74 Å². The molecule has 0 N–H and O–H groups in total. The maximum Gasteiger partial charge on any atom is 0.306 e. The lowest BCUT2D eigenvalue weighted by atomic mass is 9.97. The van der Waals surface area contributed by atoms with Crippen molar-refractivity contribution in [3.8, 4) is 0 Å². The lowest BCUT2D eigenvalue weighted by molar-refractivity contribution is -0.143. The maximum absolute atomic E-state index is 12.2. The van der Waals surface area contributed by atoms with Crippen LogP contribution in [-0.4, -0.2) is 32.0 Å². The minimum Gasteiger partial charge on any atom is -0.466 e. The molecule has 0 radical (unpaired) electrons. The Kier molecular flexibility index (Phi) is 5.37. The molecule has 114 valence electrons. The number of ether oxygens (including phenoxy) is 1. The molecule has 0 aromatic heterocycles. The van der Waals surface area contributed by atoms with Gasteiger partial charge in [0, 0.05) is 31.3 Å². The van der Waals surface area contributed by atoms with Crippen LogP contribution in [0.4, 0.5) is 5.69 Å². The van der Waals surface area contributed by atoms with E-state index in [2.05, 4.69) is 11.9 Å². The van der Waals surface area contributed by atoms with Crippen molar-refractivity contribution < 1.29 is 14.3 Å². The van der Waals surface area contributed by atoms with Crippen molar-refractivity contribution in [1.82, 2.24) is 0 Å². The minimum atomic E-state index is -0.289. The highest BCUT2D eigenvalue weighted by Gasteiger charge is 2.16. The number of fused-ring (bicyclic) bond motifs is 1. The quantitative estimate of drug-likeness (QED) is 0.596. The van der Waals surface area contributed by atoms with Crippen LogP contribution in [0, 0.1) is 0 Å². The van der Waals surface area contributed by atoms with E-state index in [0.29, 0.717) is 12.2 Å². The van der Waals surface area contributed by atoms with E-state index in [1.54, 1.807) is 0 Å². The van der Waals surface area contributed by atoms with Crippen LogP contribution in [-0.2, 0) is 16.0 Å². The van der Waals surface area contributed by atoms with Crippen molar-refractivity contribution in [3.63, 3.8) is 0 Å². The van der Waals surface area contributed by atoms with Gasteiger partial charge in [-0.25, -0.2) is 0 Å². The van der Waals surface area contributed by atoms with Crippen LogP contribution >= 0.6 is 0 Å². The fourth-order valence-electron chi connectivity index (χ4n) is 2.61. The van der Waals surface area contributed by atoms with Crippen molar-refractivity contribution in [3.05, 3.63) is 29.3 Å². The lowest BCUT2D eigenvalue weighted by Crippen LogP contribution is -2.24. The number of ketones is 1. The monoisotopic (exact) mass is 289 g/mol. The van der Waals surface area contributed by atoms with Crippen LogP contribution in [0.1, 0.15) is 48.5 Å². The topological polar surface area (TPSA) is 46.6 Å². The fraction of sp³-hybridized carbons (Fsp3) is 0.529. The molecule has 0 saturated carbocycles. The highest BCUT2D eigenvalue weighted by molar-refractivity contribution is 5.98. The van der Waals surface area contributed by atoms with Gasteiger partial charge >= 0.3 is 5.97 Å². The molecule has 21 heavy (non-hydrogen) atoms. The molecule has 4 heteroatoms. The molecule has 0 aliphatic carbocycles. The van der Waals surface area contributed by atoms with Crippen LogP contribution in [0.5, 0.6) is 0 Å². The van der Waals surface area contributed by atoms with E-state index in [9.17, 15) is 9.59 Å². The van der Waals surface area contributed by atoms with Gasteiger partial charge in [-0.15, -0.1) is 0 Å². The summed E-state index contributed by atoms with van der Waals surface area (Å²) in [5, 5.41) is 0. The predicted molar refractivity (Wildman–Crippen MR) is 82.8 cm³/mol. The standard InChI is InChI=1S/C17H23NO3/c1-3-11-21-17(20)9-8-16(19)14-6-7-15-13(12-14)5-4-10-18(15)2/h6-7,12H,3-5,8-11H2,1-2H3. The van der Waals surface area contributed by atoms with E-state index >= 15 is 0 Å². The van der Waals surface area contributed by atoms with Crippen LogP contribution in [0.3, 0.4) is 0 Å². The Hall–Kier alpha value is -1.84. The van der Waals surface area contributed by atoms with Gasteiger partial charge in [0.15, 0.2) is 5.78 Å². The van der Waals surface area contributed by atoms with E-state index < -0.39 is 0 Å². The first-order chi connectivity index (χ1) is 10.1. The first-order valence-corrected chi connectivity index (χ1v) is 7.64. The Balaban J connectivity index is 1.95. The minimum absolute atomic E-state index is 0.0134. The molecule has 1 aliphatic heterocycles. The van der Waals surface area contributed by atoms with Crippen molar-refractivity contribution in [2.24, 2.45) is 0 Å². The normalized spacial score (nSPS) is 13.7. The number of anilines is 1. The van der Waals surface area contributed by atoms with E-state index in [1.165, 1.54) is 11.3 Å². The van der Waals surface area contributed by atoms with Crippen LogP contribution in [0.15, 0.2) is 18.2 Å². The second-order valence-electron chi connectivity index (χ2n) is 5.51. The highest BCUT2D eigenvalue weighted by atomic mass is 16.5. The Morgan fingerprint density at radius 2 is 2.10 bits per heavy atom. The number of aryl methyl sites for hydroxylation is 1. The van der Waals surface area contributed by atoms with E-state index in [0.717, 1.165) is 25.8 Å². The van der Waals surface area contributed by atoms with Crippen molar-refractivity contribution >= 4 is 17.4 Å².